The van der Waals surface area contributed by atoms with Crippen molar-refractivity contribution in [3.05, 3.63) is 42.2 Å². The predicted octanol–water partition coefficient (Wildman–Crippen LogP) is 2.18. The molecule has 0 atom stereocenters. The highest BCUT2D eigenvalue weighted by molar-refractivity contribution is 7.98. The first kappa shape index (κ1) is 16.2. The van der Waals surface area contributed by atoms with Crippen LogP contribution in [0.1, 0.15) is 12.5 Å². The molecule has 9 heteroatoms. The second-order valence-corrected chi connectivity index (χ2v) is 5.66. The summed E-state index contributed by atoms with van der Waals surface area (Å²) in [6.45, 7) is 2.66. The molecule has 1 aromatic carbocycles. The molecule has 0 saturated heterocycles. The fourth-order valence-corrected chi connectivity index (χ4v) is 2.66. The van der Waals surface area contributed by atoms with Crippen molar-refractivity contribution in [2.24, 2.45) is 0 Å². The zero-order chi connectivity index (χ0) is 16.8. The van der Waals surface area contributed by atoms with Crippen molar-refractivity contribution in [3.8, 4) is 12.0 Å². The van der Waals surface area contributed by atoms with E-state index in [9.17, 15) is 0 Å². The van der Waals surface area contributed by atoms with Gasteiger partial charge in [0.05, 0.1) is 7.11 Å². The largest absolute Gasteiger partial charge is 0.467 e. The van der Waals surface area contributed by atoms with Gasteiger partial charge in [0, 0.05) is 12.3 Å². The molecule has 3 rings (SSSR count). The zero-order valence-electron chi connectivity index (χ0n) is 13.4. The summed E-state index contributed by atoms with van der Waals surface area (Å²) in [5.74, 6) is 1.60. The summed E-state index contributed by atoms with van der Waals surface area (Å²) in [4.78, 5) is 16.9. The molecule has 0 radical (unpaired) electrons. The Kier molecular flexibility index (Phi) is 5.22. The van der Waals surface area contributed by atoms with E-state index >= 15 is 0 Å². The minimum Gasteiger partial charge on any atom is -0.467 e. The van der Waals surface area contributed by atoms with Gasteiger partial charge in [-0.2, -0.15) is 19.6 Å². The van der Waals surface area contributed by atoms with Crippen LogP contribution in [0.3, 0.4) is 0 Å². The SMILES string of the molecule is CCNc1nc(OC)nc(-n2cnc(SCc3ccccc3)n2)n1. The van der Waals surface area contributed by atoms with Crippen molar-refractivity contribution in [2.45, 2.75) is 17.8 Å². The number of ether oxygens (including phenoxy) is 1. The van der Waals surface area contributed by atoms with Crippen LogP contribution < -0.4 is 10.1 Å². The summed E-state index contributed by atoms with van der Waals surface area (Å²) in [5.41, 5.74) is 1.22. The van der Waals surface area contributed by atoms with Gasteiger partial charge in [-0.25, -0.2) is 4.98 Å². The van der Waals surface area contributed by atoms with Gasteiger partial charge in [-0.05, 0) is 12.5 Å². The van der Waals surface area contributed by atoms with E-state index in [0.29, 0.717) is 23.6 Å². The van der Waals surface area contributed by atoms with E-state index in [1.807, 2.05) is 25.1 Å². The van der Waals surface area contributed by atoms with Crippen LogP contribution in [0.4, 0.5) is 5.95 Å². The fourth-order valence-electron chi connectivity index (χ4n) is 1.91. The van der Waals surface area contributed by atoms with Crippen LogP contribution in [0.25, 0.3) is 5.95 Å². The average Bonchev–Trinajstić information content (AvgIpc) is 3.10. The van der Waals surface area contributed by atoms with Crippen molar-refractivity contribution in [1.82, 2.24) is 29.7 Å². The van der Waals surface area contributed by atoms with Crippen LogP contribution in [-0.4, -0.2) is 43.4 Å². The molecule has 0 saturated carbocycles. The highest BCUT2D eigenvalue weighted by atomic mass is 32.2. The van der Waals surface area contributed by atoms with Crippen molar-refractivity contribution in [2.75, 3.05) is 19.0 Å². The minimum atomic E-state index is 0.227. The number of thioether (sulfide) groups is 1. The lowest BCUT2D eigenvalue weighted by Crippen LogP contribution is -2.10. The molecule has 8 nitrogen and oxygen atoms in total. The van der Waals surface area contributed by atoms with Gasteiger partial charge in [-0.1, -0.05) is 42.1 Å². The van der Waals surface area contributed by atoms with Crippen molar-refractivity contribution < 1.29 is 4.74 Å². The predicted molar refractivity (Wildman–Crippen MR) is 91.5 cm³/mol. The lowest BCUT2D eigenvalue weighted by molar-refractivity contribution is 0.377. The van der Waals surface area contributed by atoms with E-state index in [1.165, 1.54) is 17.4 Å². The van der Waals surface area contributed by atoms with E-state index < -0.39 is 0 Å². The van der Waals surface area contributed by atoms with Crippen LogP contribution in [0.15, 0.2) is 41.8 Å². The van der Waals surface area contributed by atoms with Crippen molar-refractivity contribution >= 4 is 17.7 Å². The number of hydrogen-bond acceptors (Lipinski definition) is 8. The smallest absolute Gasteiger partial charge is 0.322 e. The lowest BCUT2D eigenvalue weighted by Gasteiger charge is -2.05. The van der Waals surface area contributed by atoms with E-state index in [1.54, 1.807) is 18.1 Å². The standard InChI is InChI=1S/C15H17N7OS/c1-3-16-12-18-13(20-14(19-12)23-2)22-10-17-15(21-22)24-9-11-7-5-4-6-8-11/h4-8,10H,3,9H2,1-2H3,(H,16,18,19,20). The van der Waals surface area contributed by atoms with Crippen LogP contribution in [0.5, 0.6) is 6.01 Å². The van der Waals surface area contributed by atoms with E-state index in [-0.39, 0.29) is 6.01 Å². The summed E-state index contributed by atoms with van der Waals surface area (Å²) in [6, 6.07) is 10.4. The molecule has 0 fully saturated rings. The maximum atomic E-state index is 5.11. The molecule has 0 unspecified atom stereocenters. The topological polar surface area (TPSA) is 90.6 Å². The Balaban J connectivity index is 1.76. The Hall–Kier alpha value is -2.68. The van der Waals surface area contributed by atoms with Gasteiger partial charge in [-0.15, -0.1) is 5.10 Å². The molecule has 2 aromatic heterocycles. The van der Waals surface area contributed by atoms with Gasteiger partial charge in [0.2, 0.25) is 11.1 Å². The first-order valence-corrected chi connectivity index (χ1v) is 8.39. The van der Waals surface area contributed by atoms with Crippen LogP contribution in [-0.2, 0) is 5.75 Å². The van der Waals surface area contributed by atoms with Crippen molar-refractivity contribution in [1.29, 1.82) is 0 Å². The normalized spacial score (nSPS) is 10.6. The second-order valence-electron chi connectivity index (χ2n) is 4.72. The fraction of sp³-hybridized carbons (Fsp3) is 0.267. The van der Waals surface area contributed by atoms with E-state index in [0.717, 1.165) is 5.75 Å². The number of benzene rings is 1. The Labute approximate surface area is 143 Å². The second kappa shape index (κ2) is 7.73. The molecular formula is C15H17N7OS. The summed E-state index contributed by atoms with van der Waals surface area (Å²) in [5, 5.41) is 8.10. The van der Waals surface area contributed by atoms with Crippen LogP contribution >= 0.6 is 11.8 Å². The molecule has 0 aliphatic carbocycles. The number of nitrogens with one attached hydrogen (secondary N) is 1. The monoisotopic (exact) mass is 343 g/mol. The maximum absolute atomic E-state index is 5.11. The molecule has 3 aromatic rings. The first-order chi connectivity index (χ1) is 11.8. The highest BCUT2D eigenvalue weighted by Crippen LogP contribution is 2.19. The van der Waals surface area contributed by atoms with Gasteiger partial charge >= 0.3 is 6.01 Å². The molecule has 1 N–H and O–H groups in total. The lowest BCUT2D eigenvalue weighted by atomic mass is 10.2. The molecule has 0 aliphatic heterocycles. The Morgan fingerprint density at radius 2 is 2.00 bits per heavy atom. The Morgan fingerprint density at radius 1 is 1.17 bits per heavy atom. The molecule has 24 heavy (non-hydrogen) atoms. The summed E-state index contributed by atoms with van der Waals surface area (Å²) < 4.78 is 6.62. The summed E-state index contributed by atoms with van der Waals surface area (Å²) in [6.07, 6.45) is 1.58. The van der Waals surface area contributed by atoms with Crippen LogP contribution in [0, 0.1) is 0 Å². The number of rotatable bonds is 7. The molecular weight excluding hydrogens is 326 g/mol. The molecule has 0 aliphatic rings. The molecule has 0 amide bonds. The number of aromatic nitrogens is 6. The van der Waals surface area contributed by atoms with Gasteiger partial charge in [-0.3, -0.25) is 0 Å². The van der Waals surface area contributed by atoms with Gasteiger partial charge in [0.1, 0.15) is 6.33 Å². The molecule has 124 valence electrons. The molecule has 2 heterocycles. The quantitative estimate of drug-likeness (QED) is 0.653. The van der Waals surface area contributed by atoms with Gasteiger partial charge in [0.25, 0.3) is 5.95 Å². The van der Waals surface area contributed by atoms with E-state index in [2.05, 4.69) is 42.5 Å². The third-order valence-corrected chi connectivity index (χ3v) is 3.93. The Morgan fingerprint density at radius 3 is 2.75 bits per heavy atom. The third kappa shape index (κ3) is 3.99. The molecule has 0 bridgehead atoms. The average molecular weight is 343 g/mol. The van der Waals surface area contributed by atoms with Crippen LogP contribution in [0.2, 0.25) is 0 Å². The summed E-state index contributed by atoms with van der Waals surface area (Å²) in [7, 11) is 1.51. The maximum Gasteiger partial charge on any atom is 0.322 e. The van der Waals surface area contributed by atoms with Gasteiger partial charge in [0.15, 0.2) is 0 Å². The molecule has 0 spiro atoms. The summed E-state index contributed by atoms with van der Waals surface area (Å²) >= 11 is 1.55. The number of nitrogens with zero attached hydrogens (tertiary/aromatic N) is 6. The van der Waals surface area contributed by atoms with Gasteiger partial charge < -0.3 is 10.1 Å². The number of methoxy groups -OCH3 is 1. The minimum absolute atomic E-state index is 0.227. The highest BCUT2D eigenvalue weighted by Gasteiger charge is 2.11. The van der Waals surface area contributed by atoms with E-state index in [4.69, 9.17) is 4.74 Å². The zero-order valence-corrected chi connectivity index (χ0v) is 14.2. The number of anilines is 1. The number of hydrogen-bond donors (Lipinski definition) is 1. The first-order valence-electron chi connectivity index (χ1n) is 7.41. The third-order valence-electron chi connectivity index (χ3n) is 3.01. The van der Waals surface area contributed by atoms with Crippen molar-refractivity contribution in [3.63, 3.8) is 0 Å². The Bertz CT molecular complexity index is 794.